The van der Waals surface area contributed by atoms with Crippen LogP contribution >= 0.6 is 0 Å². The third-order valence-electron chi connectivity index (χ3n) is 1.84. The Hall–Kier alpha value is -1.57. The first-order valence-electron chi connectivity index (χ1n) is 4.49. The normalized spacial score (nSPS) is 9.64. The van der Waals surface area contributed by atoms with Gasteiger partial charge in [-0.15, -0.1) is 0 Å². The number of allylic oxidation sites excluding steroid dienone is 2. The van der Waals surface area contributed by atoms with Crippen molar-refractivity contribution < 1.29 is 9.90 Å². The molecule has 0 fully saturated rings. The highest BCUT2D eigenvalue weighted by Gasteiger charge is 2.08. The number of ketones is 1. The Morgan fingerprint density at radius 2 is 2.00 bits per heavy atom. The minimum absolute atomic E-state index is 0.0399. The average molecular weight is 190 g/mol. The summed E-state index contributed by atoms with van der Waals surface area (Å²) in [4.78, 5) is 11.6. The number of hydrogen-bond donors (Lipinski definition) is 1. The van der Waals surface area contributed by atoms with E-state index in [1.54, 1.807) is 18.2 Å². The van der Waals surface area contributed by atoms with Gasteiger partial charge in [-0.2, -0.15) is 0 Å². The fourth-order valence-corrected chi connectivity index (χ4v) is 1.19. The van der Waals surface area contributed by atoms with Crippen LogP contribution in [0.4, 0.5) is 0 Å². The fraction of sp³-hybridized carbons (Fsp3) is 0.250. The van der Waals surface area contributed by atoms with Crippen molar-refractivity contribution in [3.05, 3.63) is 41.0 Å². The topological polar surface area (TPSA) is 37.3 Å². The molecule has 2 heteroatoms. The smallest absolute Gasteiger partial charge is 0.189 e. The van der Waals surface area contributed by atoms with E-state index in [0.29, 0.717) is 5.56 Å². The van der Waals surface area contributed by atoms with E-state index in [4.69, 9.17) is 0 Å². The molecule has 0 aliphatic carbocycles. The van der Waals surface area contributed by atoms with Crippen LogP contribution in [0.15, 0.2) is 29.8 Å². The molecule has 0 radical (unpaired) electrons. The Morgan fingerprint density at radius 1 is 1.36 bits per heavy atom. The van der Waals surface area contributed by atoms with Gasteiger partial charge in [0.15, 0.2) is 5.78 Å². The highest BCUT2D eigenvalue weighted by molar-refractivity contribution is 6.06. The molecule has 0 aromatic heterocycles. The quantitative estimate of drug-likeness (QED) is 0.575. The molecular weight excluding hydrogens is 176 g/mol. The molecule has 1 N–H and O–H groups in total. The summed E-state index contributed by atoms with van der Waals surface area (Å²) in [5, 5.41) is 9.47. The minimum Gasteiger partial charge on any atom is -0.507 e. The van der Waals surface area contributed by atoms with Crippen LogP contribution in [0.3, 0.4) is 0 Å². The maximum absolute atomic E-state index is 11.6. The SMILES string of the molecule is CC(C)=CC(=O)c1cc(C)ccc1O. The summed E-state index contributed by atoms with van der Waals surface area (Å²) in [6, 6.07) is 5.01. The maximum atomic E-state index is 11.6. The van der Waals surface area contributed by atoms with Crippen molar-refractivity contribution in [2.24, 2.45) is 0 Å². The molecule has 0 aliphatic heterocycles. The summed E-state index contributed by atoms with van der Waals surface area (Å²) in [6.45, 7) is 5.59. The van der Waals surface area contributed by atoms with Gasteiger partial charge in [0, 0.05) is 0 Å². The number of phenols is 1. The third kappa shape index (κ3) is 2.46. The largest absolute Gasteiger partial charge is 0.507 e. The number of hydrogen-bond acceptors (Lipinski definition) is 2. The number of carbonyl (C=O) groups is 1. The average Bonchev–Trinajstić information content (AvgIpc) is 2.08. The molecule has 0 spiro atoms. The zero-order valence-corrected chi connectivity index (χ0v) is 8.66. The molecule has 0 saturated carbocycles. The molecule has 0 amide bonds. The number of carbonyl (C=O) groups excluding carboxylic acids is 1. The molecule has 14 heavy (non-hydrogen) atoms. The van der Waals surface area contributed by atoms with Gasteiger partial charge in [-0.3, -0.25) is 4.79 Å². The molecule has 0 aliphatic rings. The van der Waals surface area contributed by atoms with E-state index in [1.165, 1.54) is 6.08 Å². The van der Waals surface area contributed by atoms with Crippen molar-refractivity contribution in [2.45, 2.75) is 20.8 Å². The summed E-state index contributed by atoms with van der Waals surface area (Å²) < 4.78 is 0. The monoisotopic (exact) mass is 190 g/mol. The molecule has 0 bridgehead atoms. The van der Waals surface area contributed by atoms with E-state index < -0.39 is 0 Å². The number of aromatic hydroxyl groups is 1. The Balaban J connectivity index is 3.12. The van der Waals surface area contributed by atoms with Gasteiger partial charge in [0.25, 0.3) is 0 Å². The van der Waals surface area contributed by atoms with E-state index >= 15 is 0 Å². The standard InChI is InChI=1S/C12H14O2/c1-8(2)6-12(14)10-7-9(3)4-5-11(10)13/h4-7,13H,1-3H3. The van der Waals surface area contributed by atoms with E-state index in [2.05, 4.69) is 0 Å². The predicted molar refractivity (Wildman–Crippen MR) is 56.6 cm³/mol. The molecule has 1 rings (SSSR count). The lowest BCUT2D eigenvalue weighted by Crippen LogP contribution is -1.96. The molecular formula is C12H14O2. The van der Waals surface area contributed by atoms with Gasteiger partial charge >= 0.3 is 0 Å². The van der Waals surface area contributed by atoms with Crippen LogP contribution < -0.4 is 0 Å². The van der Waals surface area contributed by atoms with Gasteiger partial charge in [-0.1, -0.05) is 17.2 Å². The van der Waals surface area contributed by atoms with Crippen LogP contribution in [0, 0.1) is 6.92 Å². The minimum atomic E-state index is -0.147. The van der Waals surface area contributed by atoms with Gasteiger partial charge in [0.2, 0.25) is 0 Å². The van der Waals surface area contributed by atoms with Gasteiger partial charge in [0.05, 0.1) is 5.56 Å². The summed E-state index contributed by atoms with van der Waals surface area (Å²) in [6.07, 6.45) is 1.52. The second-order valence-corrected chi connectivity index (χ2v) is 3.61. The third-order valence-corrected chi connectivity index (χ3v) is 1.84. The molecule has 0 unspecified atom stereocenters. The van der Waals surface area contributed by atoms with Crippen LogP contribution in [-0.2, 0) is 0 Å². The second kappa shape index (κ2) is 4.09. The van der Waals surface area contributed by atoms with Crippen molar-refractivity contribution >= 4 is 5.78 Å². The number of phenolic OH excluding ortho intramolecular Hbond substituents is 1. The first-order chi connectivity index (χ1) is 6.50. The van der Waals surface area contributed by atoms with E-state index in [-0.39, 0.29) is 11.5 Å². The van der Waals surface area contributed by atoms with E-state index in [9.17, 15) is 9.90 Å². The number of rotatable bonds is 2. The molecule has 2 nitrogen and oxygen atoms in total. The van der Waals surface area contributed by atoms with Gasteiger partial charge in [0.1, 0.15) is 5.75 Å². The summed E-state index contributed by atoms with van der Waals surface area (Å²) in [5.41, 5.74) is 2.26. The van der Waals surface area contributed by atoms with Crippen LogP contribution in [-0.4, -0.2) is 10.9 Å². The Bertz CT molecular complexity index is 385. The Kier molecular flexibility index (Phi) is 3.07. The number of benzene rings is 1. The Morgan fingerprint density at radius 3 is 2.57 bits per heavy atom. The highest BCUT2D eigenvalue weighted by Crippen LogP contribution is 2.19. The van der Waals surface area contributed by atoms with Crippen LogP contribution in [0.1, 0.15) is 29.8 Å². The van der Waals surface area contributed by atoms with Crippen molar-refractivity contribution in [1.82, 2.24) is 0 Å². The zero-order valence-electron chi connectivity index (χ0n) is 8.66. The van der Waals surface area contributed by atoms with Crippen LogP contribution in [0.25, 0.3) is 0 Å². The molecule has 74 valence electrons. The second-order valence-electron chi connectivity index (χ2n) is 3.61. The molecule has 0 saturated heterocycles. The van der Waals surface area contributed by atoms with Crippen molar-refractivity contribution in [1.29, 1.82) is 0 Å². The predicted octanol–water partition coefficient (Wildman–Crippen LogP) is 2.85. The Labute approximate surface area is 83.9 Å². The molecule has 1 aromatic carbocycles. The first kappa shape index (κ1) is 10.5. The first-order valence-corrected chi connectivity index (χ1v) is 4.49. The summed E-state index contributed by atoms with van der Waals surface area (Å²) in [5.74, 6) is -0.107. The highest BCUT2D eigenvalue weighted by atomic mass is 16.3. The number of aryl methyl sites for hydroxylation is 1. The molecule has 0 atom stereocenters. The summed E-state index contributed by atoms with van der Waals surface area (Å²) in [7, 11) is 0. The lowest BCUT2D eigenvalue weighted by Gasteiger charge is -2.02. The van der Waals surface area contributed by atoms with E-state index in [0.717, 1.165) is 11.1 Å². The molecule has 0 heterocycles. The summed E-state index contributed by atoms with van der Waals surface area (Å²) >= 11 is 0. The van der Waals surface area contributed by atoms with Crippen molar-refractivity contribution in [3.63, 3.8) is 0 Å². The van der Waals surface area contributed by atoms with Crippen LogP contribution in [0.2, 0.25) is 0 Å². The fourth-order valence-electron chi connectivity index (χ4n) is 1.19. The van der Waals surface area contributed by atoms with Crippen LogP contribution in [0.5, 0.6) is 5.75 Å². The van der Waals surface area contributed by atoms with E-state index in [1.807, 2.05) is 20.8 Å². The van der Waals surface area contributed by atoms with Gasteiger partial charge in [-0.25, -0.2) is 0 Å². The lowest BCUT2D eigenvalue weighted by atomic mass is 10.1. The zero-order chi connectivity index (χ0) is 10.7. The van der Waals surface area contributed by atoms with Gasteiger partial charge < -0.3 is 5.11 Å². The van der Waals surface area contributed by atoms with Crippen molar-refractivity contribution in [2.75, 3.05) is 0 Å². The molecule has 1 aromatic rings. The lowest BCUT2D eigenvalue weighted by molar-refractivity contribution is 0.104. The maximum Gasteiger partial charge on any atom is 0.189 e. The van der Waals surface area contributed by atoms with Crippen molar-refractivity contribution in [3.8, 4) is 5.75 Å². The van der Waals surface area contributed by atoms with Gasteiger partial charge in [-0.05, 0) is 39.0 Å².